The first kappa shape index (κ1) is 15.9. The molecule has 0 saturated heterocycles. The van der Waals surface area contributed by atoms with Gasteiger partial charge in [0.15, 0.2) is 0 Å². The number of carboxylic acid groups (broad SMARTS) is 1. The van der Waals surface area contributed by atoms with E-state index in [2.05, 4.69) is 4.98 Å². The van der Waals surface area contributed by atoms with E-state index < -0.39 is 29.7 Å². The monoisotopic (exact) mass is 284 g/mol. The van der Waals surface area contributed by atoms with Crippen LogP contribution in [0.5, 0.6) is 0 Å². The van der Waals surface area contributed by atoms with Gasteiger partial charge in [-0.25, -0.2) is 19.5 Å². The Morgan fingerprint density at radius 2 is 2.00 bits per heavy atom. The lowest BCUT2D eigenvalue weighted by Crippen LogP contribution is -2.46. The van der Waals surface area contributed by atoms with Crippen LogP contribution in [0.25, 0.3) is 0 Å². The Hall–Kier alpha value is -2.18. The van der Waals surface area contributed by atoms with Gasteiger partial charge in [-0.3, -0.25) is 0 Å². The first-order valence-corrected chi connectivity index (χ1v) is 5.99. The maximum absolute atomic E-state index is 13.2. The summed E-state index contributed by atoms with van der Waals surface area (Å²) in [6.07, 6.45) is -0.898. The molecule has 0 aliphatic carbocycles. The number of aliphatic carboxylic acids is 1. The van der Waals surface area contributed by atoms with E-state index in [9.17, 15) is 14.0 Å². The lowest BCUT2D eigenvalue weighted by molar-refractivity contribution is -0.138. The van der Waals surface area contributed by atoms with Crippen LogP contribution in [-0.4, -0.2) is 33.8 Å². The third kappa shape index (κ3) is 4.18. The first-order chi connectivity index (χ1) is 9.11. The fourth-order valence-corrected chi connectivity index (χ4v) is 1.40. The van der Waals surface area contributed by atoms with E-state index in [1.54, 1.807) is 20.8 Å². The SMILES string of the molecule is C[C@@H](C(=O)O)N(C(=O)OC(C)(C)C)c1cccc(F)n1. The number of anilines is 1. The molecule has 0 aromatic carbocycles. The van der Waals surface area contributed by atoms with Gasteiger partial charge in [-0.2, -0.15) is 4.39 Å². The van der Waals surface area contributed by atoms with Crippen LogP contribution in [0.3, 0.4) is 0 Å². The molecule has 1 heterocycles. The molecule has 0 bridgehead atoms. The smallest absolute Gasteiger partial charge is 0.416 e. The molecule has 0 aliphatic rings. The van der Waals surface area contributed by atoms with Gasteiger partial charge < -0.3 is 9.84 Å². The van der Waals surface area contributed by atoms with E-state index in [1.165, 1.54) is 19.1 Å². The molecular formula is C13H17FN2O4. The number of rotatable bonds is 3. The van der Waals surface area contributed by atoms with E-state index in [4.69, 9.17) is 9.84 Å². The topological polar surface area (TPSA) is 79.7 Å². The van der Waals surface area contributed by atoms with Crippen molar-refractivity contribution in [1.29, 1.82) is 0 Å². The number of aromatic nitrogens is 1. The molecule has 0 saturated carbocycles. The van der Waals surface area contributed by atoms with Crippen LogP contribution in [-0.2, 0) is 9.53 Å². The number of ether oxygens (including phenoxy) is 1. The fraction of sp³-hybridized carbons (Fsp3) is 0.462. The highest BCUT2D eigenvalue weighted by molar-refractivity contribution is 5.94. The second-order valence-electron chi connectivity index (χ2n) is 5.18. The molecule has 7 heteroatoms. The van der Waals surface area contributed by atoms with Gasteiger partial charge in [0.25, 0.3) is 0 Å². The van der Waals surface area contributed by atoms with E-state index in [-0.39, 0.29) is 5.82 Å². The Morgan fingerprint density at radius 3 is 2.45 bits per heavy atom. The number of pyridine rings is 1. The number of carboxylic acids is 1. The van der Waals surface area contributed by atoms with Crippen LogP contribution in [0, 0.1) is 5.95 Å². The Labute approximate surface area is 116 Å². The van der Waals surface area contributed by atoms with Gasteiger partial charge in [0.2, 0.25) is 5.95 Å². The van der Waals surface area contributed by atoms with Crippen LogP contribution in [0.4, 0.5) is 15.0 Å². The highest BCUT2D eigenvalue weighted by Gasteiger charge is 2.32. The maximum Gasteiger partial charge on any atom is 0.416 e. The lowest BCUT2D eigenvalue weighted by Gasteiger charge is -2.29. The van der Waals surface area contributed by atoms with Gasteiger partial charge >= 0.3 is 12.1 Å². The normalized spacial score (nSPS) is 12.7. The van der Waals surface area contributed by atoms with Gasteiger partial charge in [-0.1, -0.05) is 6.07 Å². The molecule has 0 fully saturated rings. The molecule has 0 radical (unpaired) electrons. The summed E-state index contributed by atoms with van der Waals surface area (Å²) in [6, 6.07) is 2.54. The Bertz CT molecular complexity index is 513. The van der Waals surface area contributed by atoms with Gasteiger partial charge in [-0.15, -0.1) is 0 Å². The lowest BCUT2D eigenvalue weighted by atomic mass is 10.2. The summed E-state index contributed by atoms with van der Waals surface area (Å²) in [5.41, 5.74) is -0.805. The molecule has 0 unspecified atom stereocenters. The number of carbonyl (C=O) groups excluding carboxylic acids is 1. The summed E-state index contributed by atoms with van der Waals surface area (Å²) in [5, 5.41) is 9.06. The Kier molecular flexibility index (Phi) is 4.65. The van der Waals surface area contributed by atoms with Crippen LogP contribution in [0.2, 0.25) is 0 Å². The number of hydrogen-bond donors (Lipinski definition) is 1. The highest BCUT2D eigenvalue weighted by Crippen LogP contribution is 2.19. The van der Waals surface area contributed by atoms with Crippen LogP contribution in [0.15, 0.2) is 18.2 Å². The number of halogens is 1. The van der Waals surface area contributed by atoms with Gasteiger partial charge in [-0.05, 0) is 39.8 Å². The minimum atomic E-state index is -1.25. The van der Waals surface area contributed by atoms with Crippen LogP contribution in [0.1, 0.15) is 27.7 Å². The fourth-order valence-electron chi connectivity index (χ4n) is 1.40. The van der Waals surface area contributed by atoms with Crippen molar-refractivity contribution in [2.24, 2.45) is 0 Å². The molecule has 0 spiro atoms. The van der Waals surface area contributed by atoms with Crippen molar-refractivity contribution in [2.45, 2.75) is 39.3 Å². The summed E-state index contributed by atoms with van der Waals surface area (Å²) in [5.74, 6) is -2.18. The molecule has 0 aliphatic heterocycles. The van der Waals surface area contributed by atoms with Gasteiger partial charge in [0, 0.05) is 0 Å². The molecule has 1 aromatic heterocycles. The first-order valence-electron chi connectivity index (χ1n) is 5.99. The Balaban J connectivity index is 3.15. The van der Waals surface area contributed by atoms with E-state index in [1.807, 2.05) is 0 Å². The number of nitrogens with zero attached hydrogens (tertiary/aromatic N) is 2. The van der Waals surface area contributed by atoms with Crippen molar-refractivity contribution in [1.82, 2.24) is 4.98 Å². The van der Waals surface area contributed by atoms with Gasteiger partial charge in [0.05, 0.1) is 0 Å². The van der Waals surface area contributed by atoms with Gasteiger partial charge in [0.1, 0.15) is 17.5 Å². The summed E-state index contributed by atoms with van der Waals surface area (Å²) < 4.78 is 18.3. The van der Waals surface area contributed by atoms with Crippen molar-refractivity contribution in [2.75, 3.05) is 4.90 Å². The molecule has 1 amide bonds. The number of carbonyl (C=O) groups is 2. The average molecular weight is 284 g/mol. The minimum absolute atomic E-state index is 0.117. The molecule has 1 aromatic rings. The zero-order valence-corrected chi connectivity index (χ0v) is 11.8. The van der Waals surface area contributed by atoms with Crippen molar-refractivity contribution >= 4 is 17.9 Å². The van der Waals surface area contributed by atoms with E-state index >= 15 is 0 Å². The van der Waals surface area contributed by atoms with Crippen LogP contribution < -0.4 is 4.90 Å². The van der Waals surface area contributed by atoms with E-state index in [0.717, 1.165) is 11.0 Å². The van der Waals surface area contributed by atoms with Crippen molar-refractivity contribution in [3.8, 4) is 0 Å². The second kappa shape index (κ2) is 5.85. The number of amides is 1. The average Bonchev–Trinajstić information content (AvgIpc) is 2.26. The third-order valence-corrected chi connectivity index (χ3v) is 2.28. The Morgan fingerprint density at radius 1 is 1.40 bits per heavy atom. The van der Waals surface area contributed by atoms with Crippen molar-refractivity contribution in [3.63, 3.8) is 0 Å². The van der Waals surface area contributed by atoms with Crippen molar-refractivity contribution < 1.29 is 23.8 Å². The molecule has 1 rings (SSSR count). The van der Waals surface area contributed by atoms with Crippen LogP contribution >= 0.6 is 0 Å². The predicted octanol–water partition coefficient (Wildman–Crippen LogP) is 2.44. The maximum atomic E-state index is 13.2. The third-order valence-electron chi connectivity index (χ3n) is 2.28. The molecule has 20 heavy (non-hydrogen) atoms. The quantitative estimate of drug-likeness (QED) is 0.862. The minimum Gasteiger partial charge on any atom is -0.480 e. The molecule has 110 valence electrons. The molecule has 1 atom stereocenters. The second-order valence-corrected chi connectivity index (χ2v) is 5.18. The molecule has 1 N–H and O–H groups in total. The summed E-state index contributed by atoms with van der Waals surface area (Å²) in [4.78, 5) is 27.5. The van der Waals surface area contributed by atoms with E-state index in [0.29, 0.717) is 0 Å². The largest absolute Gasteiger partial charge is 0.480 e. The standard InChI is InChI=1S/C13H17FN2O4/c1-8(11(17)18)16(12(19)20-13(2,3)4)10-7-5-6-9(14)15-10/h5-8H,1-4H3,(H,17,18)/t8-/m0/s1. The van der Waals surface area contributed by atoms with Crippen molar-refractivity contribution in [3.05, 3.63) is 24.1 Å². The zero-order valence-electron chi connectivity index (χ0n) is 11.8. The number of hydrogen-bond acceptors (Lipinski definition) is 4. The predicted molar refractivity (Wildman–Crippen MR) is 70.0 cm³/mol. The summed E-state index contributed by atoms with van der Waals surface area (Å²) >= 11 is 0. The summed E-state index contributed by atoms with van der Waals surface area (Å²) in [6.45, 7) is 6.23. The zero-order chi connectivity index (χ0) is 15.5. The molecule has 6 nitrogen and oxygen atoms in total. The summed E-state index contributed by atoms with van der Waals surface area (Å²) in [7, 11) is 0. The molecular weight excluding hydrogens is 267 g/mol. The highest BCUT2D eigenvalue weighted by atomic mass is 19.1.